The van der Waals surface area contributed by atoms with Crippen molar-refractivity contribution in [3.8, 4) is 33.7 Å². The summed E-state index contributed by atoms with van der Waals surface area (Å²) in [6, 6.07) is 52.2. The van der Waals surface area contributed by atoms with Gasteiger partial charge < -0.3 is 13.7 Å². The summed E-state index contributed by atoms with van der Waals surface area (Å²) in [6.45, 7) is 9.34. The van der Waals surface area contributed by atoms with Gasteiger partial charge in [0.2, 0.25) is 5.89 Å². The summed E-state index contributed by atoms with van der Waals surface area (Å²) in [6.07, 6.45) is 0. The van der Waals surface area contributed by atoms with Crippen LogP contribution in [0, 0.1) is 0 Å². The third-order valence-corrected chi connectivity index (χ3v) is 11.9. The molecule has 2 aromatic heterocycles. The molecular weight excluding hydrogens is 649 g/mol. The average molecular weight is 685 g/mol. The van der Waals surface area contributed by atoms with E-state index in [1.54, 1.807) is 0 Å². The van der Waals surface area contributed by atoms with E-state index in [2.05, 4.69) is 142 Å². The Morgan fingerprint density at radius 3 is 1.91 bits per heavy atom. The number of aromatic nitrogens is 1. The van der Waals surface area contributed by atoms with Crippen molar-refractivity contribution in [1.82, 2.24) is 4.98 Å². The van der Waals surface area contributed by atoms with Gasteiger partial charge >= 0.3 is 0 Å². The fraction of sp³-hybridized carbons (Fsp3) is 0.122. The van der Waals surface area contributed by atoms with E-state index in [-0.39, 0.29) is 10.8 Å². The number of rotatable bonds is 4. The lowest BCUT2D eigenvalue weighted by molar-refractivity contribution is 0.620. The number of furan rings is 1. The van der Waals surface area contributed by atoms with Crippen molar-refractivity contribution in [2.45, 2.75) is 38.5 Å². The predicted octanol–water partition coefficient (Wildman–Crippen LogP) is 13.5. The molecule has 0 aliphatic heterocycles. The van der Waals surface area contributed by atoms with Gasteiger partial charge in [0.05, 0.1) is 5.69 Å². The van der Waals surface area contributed by atoms with Crippen LogP contribution in [0.25, 0.3) is 66.7 Å². The highest BCUT2D eigenvalue weighted by atomic mass is 16.4. The minimum atomic E-state index is -0.139. The molecule has 4 heteroatoms. The number of anilines is 3. The lowest BCUT2D eigenvalue weighted by Crippen LogP contribution is -2.17. The number of hydrogen-bond donors (Lipinski definition) is 0. The molecule has 0 saturated heterocycles. The zero-order valence-corrected chi connectivity index (χ0v) is 30.1. The van der Waals surface area contributed by atoms with E-state index in [0.717, 1.165) is 55.7 Å². The zero-order chi connectivity index (χ0) is 35.6. The summed E-state index contributed by atoms with van der Waals surface area (Å²) in [4.78, 5) is 7.23. The van der Waals surface area contributed by atoms with E-state index >= 15 is 0 Å². The molecule has 53 heavy (non-hydrogen) atoms. The molecule has 254 valence electrons. The maximum Gasteiger partial charge on any atom is 0.227 e. The lowest BCUT2D eigenvalue weighted by atomic mass is 9.82. The molecule has 0 saturated carbocycles. The third-order valence-electron chi connectivity index (χ3n) is 11.9. The Morgan fingerprint density at radius 2 is 1.11 bits per heavy atom. The number of nitrogens with zero attached hydrogens (tertiary/aromatic N) is 2. The molecule has 7 aromatic carbocycles. The maximum atomic E-state index is 6.87. The van der Waals surface area contributed by atoms with Crippen LogP contribution in [0.1, 0.15) is 49.9 Å². The van der Waals surface area contributed by atoms with Gasteiger partial charge in [-0.2, -0.15) is 0 Å². The number of hydrogen-bond acceptors (Lipinski definition) is 4. The Labute approximate surface area is 308 Å². The van der Waals surface area contributed by atoms with Crippen LogP contribution in [0.4, 0.5) is 17.1 Å². The molecule has 0 unspecified atom stereocenters. The quantitative estimate of drug-likeness (QED) is 0.185. The molecule has 9 aromatic rings. The zero-order valence-electron chi connectivity index (χ0n) is 30.1. The van der Waals surface area contributed by atoms with Crippen molar-refractivity contribution in [3.63, 3.8) is 0 Å². The number of oxazole rings is 1. The minimum Gasteiger partial charge on any atom is -0.454 e. The van der Waals surface area contributed by atoms with Gasteiger partial charge in [-0.15, -0.1) is 0 Å². The van der Waals surface area contributed by atoms with E-state index in [0.29, 0.717) is 5.89 Å². The fourth-order valence-electron chi connectivity index (χ4n) is 9.19. The SMILES string of the molecule is CC1(C)c2ccccc2-c2cc(N(c3ccc4c(c3)C(C)(C)c3ccccc3-4)c3cccc4c3oc3cc5nc(-c6ccccc6)oc5cc34)ccc21. The van der Waals surface area contributed by atoms with Crippen molar-refractivity contribution in [2.24, 2.45) is 0 Å². The van der Waals surface area contributed by atoms with Crippen LogP contribution in [0.15, 0.2) is 154 Å². The van der Waals surface area contributed by atoms with Crippen molar-refractivity contribution in [2.75, 3.05) is 4.90 Å². The molecule has 0 spiro atoms. The molecule has 0 atom stereocenters. The Hall–Kier alpha value is -6.39. The van der Waals surface area contributed by atoms with Crippen LogP contribution in [-0.4, -0.2) is 4.98 Å². The minimum absolute atomic E-state index is 0.0806. The molecule has 0 N–H and O–H groups in total. The number of benzene rings is 7. The summed E-state index contributed by atoms with van der Waals surface area (Å²) in [5.41, 5.74) is 17.6. The van der Waals surface area contributed by atoms with Gasteiger partial charge in [0.15, 0.2) is 11.2 Å². The van der Waals surface area contributed by atoms with Crippen molar-refractivity contribution in [1.29, 1.82) is 0 Å². The lowest BCUT2D eigenvalue weighted by Gasteiger charge is -2.29. The molecule has 2 aliphatic rings. The molecular formula is C49H36N2O2. The molecule has 2 heterocycles. The Morgan fingerprint density at radius 1 is 0.472 bits per heavy atom. The second-order valence-corrected chi connectivity index (χ2v) is 15.6. The summed E-state index contributed by atoms with van der Waals surface area (Å²) in [5, 5.41) is 2.03. The van der Waals surface area contributed by atoms with Crippen LogP contribution in [0.2, 0.25) is 0 Å². The Kier molecular flexibility index (Phi) is 6.04. The highest BCUT2D eigenvalue weighted by molar-refractivity contribution is 6.13. The first-order valence-corrected chi connectivity index (χ1v) is 18.4. The van der Waals surface area contributed by atoms with Crippen LogP contribution in [0.5, 0.6) is 0 Å². The van der Waals surface area contributed by atoms with Gasteiger partial charge in [-0.05, 0) is 93.0 Å². The topological polar surface area (TPSA) is 42.4 Å². The Balaban J connectivity index is 1.13. The van der Waals surface area contributed by atoms with E-state index in [1.165, 1.54) is 44.5 Å². The molecule has 0 amide bonds. The first-order valence-electron chi connectivity index (χ1n) is 18.4. The molecule has 0 fully saturated rings. The molecule has 4 nitrogen and oxygen atoms in total. The first kappa shape index (κ1) is 30.3. The molecule has 2 aliphatic carbocycles. The van der Waals surface area contributed by atoms with Gasteiger partial charge in [0.25, 0.3) is 0 Å². The maximum absolute atomic E-state index is 6.87. The highest BCUT2D eigenvalue weighted by Crippen LogP contribution is 2.54. The number of para-hydroxylation sites is 1. The summed E-state index contributed by atoms with van der Waals surface area (Å²) < 4.78 is 13.2. The molecule has 0 bridgehead atoms. The summed E-state index contributed by atoms with van der Waals surface area (Å²) >= 11 is 0. The van der Waals surface area contributed by atoms with E-state index in [4.69, 9.17) is 13.8 Å². The van der Waals surface area contributed by atoms with Gasteiger partial charge in [0, 0.05) is 44.6 Å². The van der Waals surface area contributed by atoms with Gasteiger partial charge in [0.1, 0.15) is 11.1 Å². The van der Waals surface area contributed by atoms with Gasteiger partial charge in [-0.25, -0.2) is 4.98 Å². The first-order chi connectivity index (χ1) is 25.8. The van der Waals surface area contributed by atoms with Crippen LogP contribution < -0.4 is 4.90 Å². The Bertz CT molecular complexity index is 2960. The van der Waals surface area contributed by atoms with Gasteiger partial charge in [-0.3, -0.25) is 0 Å². The van der Waals surface area contributed by atoms with Crippen molar-refractivity contribution in [3.05, 3.63) is 168 Å². The smallest absolute Gasteiger partial charge is 0.227 e. The normalized spacial score (nSPS) is 14.7. The molecule has 0 radical (unpaired) electrons. The van der Waals surface area contributed by atoms with E-state index < -0.39 is 0 Å². The van der Waals surface area contributed by atoms with E-state index in [1.807, 2.05) is 36.4 Å². The summed E-state index contributed by atoms with van der Waals surface area (Å²) in [5.74, 6) is 0.604. The predicted molar refractivity (Wildman–Crippen MR) is 217 cm³/mol. The third kappa shape index (κ3) is 4.21. The van der Waals surface area contributed by atoms with Crippen LogP contribution in [-0.2, 0) is 10.8 Å². The fourth-order valence-corrected chi connectivity index (χ4v) is 9.19. The second kappa shape index (κ2) is 10.6. The average Bonchev–Trinajstić information content (AvgIpc) is 3.89. The summed E-state index contributed by atoms with van der Waals surface area (Å²) in [7, 11) is 0. The van der Waals surface area contributed by atoms with Crippen molar-refractivity contribution < 1.29 is 8.83 Å². The highest BCUT2D eigenvalue weighted by Gasteiger charge is 2.38. The van der Waals surface area contributed by atoms with Gasteiger partial charge in [-0.1, -0.05) is 119 Å². The monoisotopic (exact) mass is 684 g/mol. The van der Waals surface area contributed by atoms with Crippen molar-refractivity contribution >= 4 is 50.1 Å². The molecule has 11 rings (SSSR count). The van der Waals surface area contributed by atoms with Crippen LogP contribution >= 0.6 is 0 Å². The second-order valence-electron chi connectivity index (χ2n) is 15.6. The largest absolute Gasteiger partial charge is 0.454 e. The standard InChI is InChI=1S/C49H36N2O2/c1-48(2)39-19-11-9-16-33(39)36-25-30(22-24-40(36)48)51(31-21-23-34-32-15-8-10-18-38(32)49(3,4)41(34)26-31)43-20-12-17-35-37-27-45-42(28-44(37)52-46(35)43)50-47(53-45)29-13-6-5-7-14-29/h5-28H,1-4H3. The van der Waals surface area contributed by atoms with E-state index in [9.17, 15) is 0 Å². The van der Waals surface area contributed by atoms with Crippen LogP contribution in [0.3, 0.4) is 0 Å². The number of fused-ring (bicyclic) bond motifs is 10.